The van der Waals surface area contributed by atoms with Crippen LogP contribution in [0.3, 0.4) is 0 Å². The number of hydrogen-bond acceptors (Lipinski definition) is 5. The Bertz CT molecular complexity index is 877. The molecule has 1 amide bonds. The predicted octanol–water partition coefficient (Wildman–Crippen LogP) is 3.39. The van der Waals surface area contributed by atoms with Crippen molar-refractivity contribution >= 4 is 28.7 Å². The number of fused-ring (bicyclic) bond motifs is 1. The molecule has 0 aliphatic rings. The number of anilines is 1. The first-order valence-electron chi connectivity index (χ1n) is 7.99. The molecule has 1 atom stereocenters. The van der Waals surface area contributed by atoms with Gasteiger partial charge in [-0.05, 0) is 32.9 Å². The quantitative estimate of drug-likeness (QED) is 0.719. The molecule has 0 spiro atoms. The Balaban J connectivity index is 1.66. The lowest BCUT2D eigenvalue weighted by Crippen LogP contribution is -2.31. The third-order valence-electron chi connectivity index (χ3n) is 3.69. The Morgan fingerprint density at radius 2 is 1.96 bits per heavy atom. The number of benzene rings is 1. The minimum atomic E-state index is -0.976. The zero-order valence-corrected chi connectivity index (χ0v) is 14.2. The van der Waals surface area contributed by atoms with Crippen molar-refractivity contribution in [1.82, 2.24) is 9.78 Å². The number of amides is 1. The van der Waals surface area contributed by atoms with Gasteiger partial charge in [-0.1, -0.05) is 18.2 Å². The molecule has 0 aliphatic heterocycles. The van der Waals surface area contributed by atoms with Gasteiger partial charge >= 0.3 is 5.97 Å². The molecule has 7 nitrogen and oxygen atoms in total. The summed E-state index contributed by atoms with van der Waals surface area (Å²) in [4.78, 5) is 24.5. The SMILES string of the molecule is CC(C)n1nccc1NC(=O)[C@H](C)OC(=O)c1cc2ccccc2o1. The minimum Gasteiger partial charge on any atom is -0.449 e. The number of hydrogen-bond donors (Lipinski definition) is 1. The molecule has 25 heavy (non-hydrogen) atoms. The second kappa shape index (κ2) is 6.80. The fourth-order valence-electron chi connectivity index (χ4n) is 2.41. The van der Waals surface area contributed by atoms with Crippen LogP contribution in [0.25, 0.3) is 11.0 Å². The molecule has 0 saturated carbocycles. The second-order valence-corrected chi connectivity index (χ2v) is 5.94. The molecule has 2 heterocycles. The van der Waals surface area contributed by atoms with Gasteiger partial charge < -0.3 is 14.5 Å². The molecule has 3 aromatic rings. The Morgan fingerprint density at radius 3 is 2.68 bits per heavy atom. The number of rotatable bonds is 5. The van der Waals surface area contributed by atoms with Gasteiger partial charge in [0.1, 0.15) is 11.4 Å². The zero-order valence-electron chi connectivity index (χ0n) is 14.2. The van der Waals surface area contributed by atoms with Gasteiger partial charge in [-0.2, -0.15) is 5.10 Å². The Morgan fingerprint density at radius 1 is 1.20 bits per heavy atom. The molecule has 1 aromatic carbocycles. The molecular formula is C18H19N3O4. The van der Waals surface area contributed by atoms with Crippen molar-refractivity contribution in [2.75, 3.05) is 5.32 Å². The van der Waals surface area contributed by atoms with Crippen molar-refractivity contribution in [3.05, 3.63) is 48.4 Å². The molecule has 0 radical (unpaired) electrons. The van der Waals surface area contributed by atoms with Gasteiger partial charge in [0.15, 0.2) is 6.10 Å². The summed E-state index contributed by atoms with van der Waals surface area (Å²) in [7, 11) is 0. The van der Waals surface area contributed by atoms with E-state index in [1.807, 2.05) is 32.0 Å². The predicted molar refractivity (Wildman–Crippen MR) is 92.3 cm³/mol. The van der Waals surface area contributed by atoms with Crippen LogP contribution in [0.2, 0.25) is 0 Å². The van der Waals surface area contributed by atoms with Crippen molar-refractivity contribution < 1.29 is 18.7 Å². The van der Waals surface area contributed by atoms with E-state index in [1.54, 1.807) is 29.1 Å². The summed E-state index contributed by atoms with van der Waals surface area (Å²) in [6.45, 7) is 5.41. The van der Waals surface area contributed by atoms with E-state index in [-0.39, 0.29) is 11.8 Å². The van der Waals surface area contributed by atoms with E-state index in [2.05, 4.69) is 10.4 Å². The Kier molecular flexibility index (Phi) is 4.56. The van der Waals surface area contributed by atoms with Crippen LogP contribution < -0.4 is 5.32 Å². The summed E-state index contributed by atoms with van der Waals surface area (Å²) in [6.07, 6.45) is 0.622. The summed E-state index contributed by atoms with van der Waals surface area (Å²) in [5.74, 6) is -0.511. The van der Waals surface area contributed by atoms with Crippen LogP contribution in [-0.2, 0) is 9.53 Å². The molecule has 0 saturated heterocycles. The number of nitrogens with one attached hydrogen (secondary N) is 1. The maximum atomic E-state index is 12.3. The molecule has 130 valence electrons. The largest absolute Gasteiger partial charge is 0.449 e. The van der Waals surface area contributed by atoms with E-state index in [4.69, 9.17) is 9.15 Å². The van der Waals surface area contributed by atoms with Gasteiger partial charge in [0.2, 0.25) is 5.76 Å². The molecule has 3 rings (SSSR count). The Hall–Kier alpha value is -3.09. The molecule has 0 bridgehead atoms. The number of furan rings is 1. The average molecular weight is 341 g/mol. The fourth-order valence-corrected chi connectivity index (χ4v) is 2.41. The maximum absolute atomic E-state index is 12.3. The van der Waals surface area contributed by atoms with E-state index in [1.165, 1.54) is 6.92 Å². The molecule has 1 N–H and O–H groups in total. The van der Waals surface area contributed by atoms with Crippen LogP contribution in [0, 0.1) is 0 Å². The van der Waals surface area contributed by atoms with Crippen molar-refractivity contribution in [2.45, 2.75) is 32.9 Å². The third-order valence-corrected chi connectivity index (χ3v) is 3.69. The van der Waals surface area contributed by atoms with E-state index in [0.717, 1.165) is 5.39 Å². The van der Waals surface area contributed by atoms with Crippen LogP contribution in [-0.4, -0.2) is 27.8 Å². The van der Waals surface area contributed by atoms with Crippen molar-refractivity contribution in [2.24, 2.45) is 0 Å². The first-order valence-corrected chi connectivity index (χ1v) is 7.99. The number of ether oxygens (including phenoxy) is 1. The topological polar surface area (TPSA) is 86.4 Å². The Labute approximate surface area is 144 Å². The van der Waals surface area contributed by atoms with Crippen molar-refractivity contribution in [3.8, 4) is 0 Å². The average Bonchev–Trinajstić information content (AvgIpc) is 3.20. The molecule has 7 heteroatoms. The lowest BCUT2D eigenvalue weighted by atomic mass is 10.2. The van der Waals surface area contributed by atoms with E-state index in [0.29, 0.717) is 11.4 Å². The first kappa shape index (κ1) is 16.8. The number of para-hydroxylation sites is 1. The van der Waals surface area contributed by atoms with Crippen LogP contribution in [0.1, 0.15) is 37.4 Å². The standard InChI is InChI=1S/C18H19N3O4/c1-11(2)21-16(8-9-19-21)20-17(22)12(3)24-18(23)15-10-13-6-4-5-7-14(13)25-15/h4-12H,1-3H3,(H,20,22)/t12-/m0/s1. The monoisotopic (exact) mass is 341 g/mol. The maximum Gasteiger partial charge on any atom is 0.375 e. The highest BCUT2D eigenvalue weighted by Crippen LogP contribution is 2.20. The second-order valence-electron chi connectivity index (χ2n) is 5.94. The van der Waals surface area contributed by atoms with Crippen molar-refractivity contribution in [1.29, 1.82) is 0 Å². The number of esters is 1. The van der Waals surface area contributed by atoms with Crippen LogP contribution in [0.15, 0.2) is 47.0 Å². The van der Waals surface area contributed by atoms with Gasteiger partial charge in [-0.3, -0.25) is 4.79 Å². The lowest BCUT2D eigenvalue weighted by Gasteiger charge is -2.15. The summed E-state index contributed by atoms with van der Waals surface area (Å²) in [5, 5.41) is 7.65. The lowest BCUT2D eigenvalue weighted by molar-refractivity contribution is -0.123. The van der Waals surface area contributed by atoms with Crippen LogP contribution >= 0.6 is 0 Å². The van der Waals surface area contributed by atoms with E-state index in [9.17, 15) is 9.59 Å². The minimum absolute atomic E-state index is 0.0630. The smallest absolute Gasteiger partial charge is 0.375 e. The summed E-state index contributed by atoms with van der Waals surface area (Å²) in [6, 6.07) is 10.6. The summed E-state index contributed by atoms with van der Waals surface area (Å²) < 4.78 is 12.3. The molecule has 2 aromatic heterocycles. The van der Waals surface area contributed by atoms with Crippen LogP contribution in [0.5, 0.6) is 0 Å². The number of nitrogens with zero attached hydrogens (tertiary/aromatic N) is 2. The van der Waals surface area contributed by atoms with E-state index < -0.39 is 18.0 Å². The number of carbonyl (C=O) groups excluding carboxylic acids is 2. The summed E-state index contributed by atoms with van der Waals surface area (Å²) in [5.41, 5.74) is 0.590. The zero-order chi connectivity index (χ0) is 18.0. The molecule has 0 aliphatic carbocycles. The fraction of sp³-hybridized carbons (Fsp3) is 0.278. The van der Waals surface area contributed by atoms with Gasteiger partial charge in [0, 0.05) is 17.5 Å². The van der Waals surface area contributed by atoms with E-state index >= 15 is 0 Å². The molecule has 0 fully saturated rings. The summed E-state index contributed by atoms with van der Waals surface area (Å²) >= 11 is 0. The van der Waals surface area contributed by atoms with Gasteiger partial charge in [-0.25, -0.2) is 9.48 Å². The highest BCUT2D eigenvalue weighted by molar-refractivity contribution is 5.97. The van der Waals surface area contributed by atoms with Gasteiger partial charge in [0.05, 0.1) is 6.20 Å². The normalized spacial score (nSPS) is 12.3. The molecular weight excluding hydrogens is 322 g/mol. The third kappa shape index (κ3) is 3.55. The molecule has 0 unspecified atom stereocenters. The van der Waals surface area contributed by atoms with Crippen molar-refractivity contribution in [3.63, 3.8) is 0 Å². The number of aromatic nitrogens is 2. The highest BCUT2D eigenvalue weighted by atomic mass is 16.6. The highest BCUT2D eigenvalue weighted by Gasteiger charge is 2.22. The van der Waals surface area contributed by atoms with Crippen LogP contribution in [0.4, 0.5) is 5.82 Å². The van der Waals surface area contributed by atoms with Gasteiger partial charge in [0.25, 0.3) is 5.91 Å². The first-order chi connectivity index (χ1) is 12.0. The number of carbonyl (C=O) groups is 2. The van der Waals surface area contributed by atoms with Gasteiger partial charge in [-0.15, -0.1) is 0 Å².